The van der Waals surface area contributed by atoms with Crippen molar-refractivity contribution in [3.8, 4) is 5.75 Å². The van der Waals surface area contributed by atoms with Crippen LogP contribution in [0.1, 0.15) is 17.5 Å². The molecule has 0 radical (unpaired) electrons. The molecule has 0 bridgehead atoms. The third kappa shape index (κ3) is 5.31. The number of hydrogen-bond donors (Lipinski definition) is 3. The van der Waals surface area contributed by atoms with E-state index >= 15 is 0 Å². The summed E-state index contributed by atoms with van der Waals surface area (Å²) in [6, 6.07) is 14.3. The zero-order valence-corrected chi connectivity index (χ0v) is 16.7. The van der Waals surface area contributed by atoms with E-state index in [-0.39, 0.29) is 6.42 Å². The summed E-state index contributed by atoms with van der Waals surface area (Å²) in [5.41, 5.74) is 4.99. The lowest BCUT2D eigenvalue weighted by atomic mass is 10.0. The number of anilines is 1. The number of carbonyl (C=O) groups is 1. The van der Waals surface area contributed by atoms with Crippen molar-refractivity contribution in [3.63, 3.8) is 0 Å². The molecule has 9 nitrogen and oxygen atoms in total. The molecule has 0 saturated carbocycles. The van der Waals surface area contributed by atoms with Crippen LogP contribution in [0.5, 0.6) is 5.75 Å². The quantitative estimate of drug-likeness (QED) is 0.408. The first-order chi connectivity index (χ1) is 13.9. The molecule has 1 saturated heterocycles. The van der Waals surface area contributed by atoms with E-state index in [2.05, 4.69) is 10.7 Å². The van der Waals surface area contributed by atoms with Gasteiger partial charge in [0.15, 0.2) is 0 Å². The maximum absolute atomic E-state index is 12.7. The topological polar surface area (TPSA) is 129 Å². The van der Waals surface area contributed by atoms with Crippen LogP contribution in [0.3, 0.4) is 0 Å². The van der Waals surface area contributed by atoms with Crippen LogP contribution in [0.25, 0.3) is 0 Å². The first-order valence-electron chi connectivity index (χ1n) is 8.99. The van der Waals surface area contributed by atoms with Crippen LogP contribution in [0, 0.1) is 0 Å². The summed E-state index contributed by atoms with van der Waals surface area (Å²) in [7, 11) is -2.59. The molecule has 0 unspecified atom stereocenters. The van der Waals surface area contributed by atoms with Gasteiger partial charge in [-0.3, -0.25) is 16.1 Å². The Morgan fingerprint density at radius 2 is 1.62 bits per heavy atom. The van der Waals surface area contributed by atoms with E-state index < -0.39 is 22.1 Å². The molecule has 0 spiro atoms. The number of methoxy groups -OCH3 is 1. The molecule has 0 aromatic heterocycles. The molecule has 10 heteroatoms. The van der Waals surface area contributed by atoms with Crippen molar-refractivity contribution in [2.45, 2.75) is 25.0 Å². The van der Waals surface area contributed by atoms with Crippen molar-refractivity contribution in [1.29, 1.82) is 0 Å². The molecule has 0 aliphatic carbocycles. The van der Waals surface area contributed by atoms with Gasteiger partial charge in [-0.25, -0.2) is 8.37 Å². The molecule has 4 N–H and O–H groups in total. The first kappa shape index (κ1) is 21.2. The zero-order chi connectivity index (χ0) is 20.9. The Morgan fingerprint density at radius 3 is 2.17 bits per heavy atom. The van der Waals surface area contributed by atoms with Gasteiger partial charge in [0.05, 0.1) is 7.11 Å². The Labute approximate surface area is 169 Å². The molecular formula is C19H23N3O6S. The summed E-state index contributed by atoms with van der Waals surface area (Å²) in [5.74, 6) is 3.39. The second kappa shape index (κ2) is 8.89. The standard InChI is InChI=1S/C19H23N3O6S/c1-26-17-8-4-14(5-9-17)10-12-19(27-29(24,25)28-19)18(23)22-16-6-2-15(3-7-16)11-13-21-20/h2-9,21H,10-13,20H2,1H3,(H,22,23). The predicted octanol–water partition coefficient (Wildman–Crippen LogP) is 1.26. The Balaban J connectivity index is 1.66. The number of benzene rings is 2. The van der Waals surface area contributed by atoms with Gasteiger partial charge in [-0.05, 0) is 48.2 Å². The number of ether oxygens (including phenoxy) is 1. The van der Waals surface area contributed by atoms with E-state index in [1.54, 1.807) is 31.4 Å². The van der Waals surface area contributed by atoms with Gasteiger partial charge in [-0.15, -0.1) is 0 Å². The number of nitrogens with one attached hydrogen (secondary N) is 2. The highest BCUT2D eigenvalue weighted by Crippen LogP contribution is 2.36. The minimum Gasteiger partial charge on any atom is -0.497 e. The average molecular weight is 421 g/mol. The third-order valence-electron chi connectivity index (χ3n) is 4.49. The highest BCUT2D eigenvalue weighted by atomic mass is 32.3. The SMILES string of the molecule is COc1ccc(CCC2(C(=O)Nc3ccc(CCNN)cc3)OS(=O)(=O)O2)cc1. The molecule has 29 heavy (non-hydrogen) atoms. The smallest absolute Gasteiger partial charge is 0.406 e. The highest BCUT2D eigenvalue weighted by molar-refractivity contribution is 7.83. The maximum atomic E-state index is 12.7. The van der Waals surface area contributed by atoms with E-state index in [4.69, 9.17) is 18.9 Å². The van der Waals surface area contributed by atoms with E-state index in [0.717, 1.165) is 17.5 Å². The summed E-state index contributed by atoms with van der Waals surface area (Å²) in [5, 5.41) is 2.65. The van der Waals surface area contributed by atoms with Crippen LogP contribution < -0.4 is 21.3 Å². The molecule has 3 rings (SSSR count). The molecule has 2 aromatic carbocycles. The molecule has 2 aromatic rings. The van der Waals surface area contributed by atoms with Gasteiger partial charge in [-0.2, -0.15) is 8.42 Å². The van der Waals surface area contributed by atoms with Crippen molar-refractivity contribution in [1.82, 2.24) is 5.43 Å². The van der Waals surface area contributed by atoms with Gasteiger partial charge < -0.3 is 10.1 Å². The Hall–Kier alpha value is -2.50. The number of hydrazine groups is 1. The Morgan fingerprint density at radius 1 is 1.03 bits per heavy atom. The van der Waals surface area contributed by atoms with Crippen LogP contribution >= 0.6 is 0 Å². The van der Waals surface area contributed by atoms with Crippen molar-refractivity contribution >= 4 is 22.0 Å². The van der Waals surface area contributed by atoms with Gasteiger partial charge >= 0.3 is 10.4 Å². The van der Waals surface area contributed by atoms with Crippen LogP contribution in [-0.4, -0.2) is 33.8 Å². The van der Waals surface area contributed by atoms with Crippen molar-refractivity contribution < 1.29 is 26.3 Å². The second-order valence-corrected chi connectivity index (χ2v) is 7.68. The fourth-order valence-corrected chi connectivity index (χ4v) is 3.90. The normalized spacial score (nSPS) is 16.6. The molecule has 0 atom stereocenters. The zero-order valence-electron chi connectivity index (χ0n) is 15.9. The van der Waals surface area contributed by atoms with Gasteiger partial charge in [0, 0.05) is 18.7 Å². The number of aryl methyl sites for hydroxylation is 1. The van der Waals surface area contributed by atoms with Crippen molar-refractivity contribution in [2.24, 2.45) is 5.84 Å². The summed E-state index contributed by atoms with van der Waals surface area (Å²) >= 11 is 0. The molecule has 1 amide bonds. The highest BCUT2D eigenvalue weighted by Gasteiger charge is 2.58. The number of rotatable bonds is 9. The lowest BCUT2D eigenvalue weighted by Crippen LogP contribution is -2.58. The molecular weight excluding hydrogens is 398 g/mol. The minimum absolute atomic E-state index is 0.0324. The average Bonchev–Trinajstić information content (AvgIpc) is 2.70. The predicted molar refractivity (Wildman–Crippen MR) is 106 cm³/mol. The monoisotopic (exact) mass is 421 g/mol. The molecule has 1 fully saturated rings. The first-order valence-corrected chi connectivity index (χ1v) is 10.3. The largest absolute Gasteiger partial charge is 0.497 e. The van der Waals surface area contributed by atoms with E-state index in [0.29, 0.717) is 24.4 Å². The summed E-state index contributed by atoms with van der Waals surface area (Å²) < 4.78 is 37.8. The fraction of sp³-hybridized carbons (Fsp3) is 0.316. The Bertz CT molecular complexity index is 933. The molecule has 1 aliphatic heterocycles. The fourth-order valence-electron chi connectivity index (χ4n) is 2.91. The van der Waals surface area contributed by atoms with Gasteiger partial charge in [0.25, 0.3) is 11.7 Å². The second-order valence-electron chi connectivity index (χ2n) is 6.53. The van der Waals surface area contributed by atoms with Gasteiger partial charge in [0.2, 0.25) is 0 Å². The summed E-state index contributed by atoms with van der Waals surface area (Å²) in [4.78, 5) is 12.7. The van der Waals surface area contributed by atoms with Crippen LogP contribution in [0.4, 0.5) is 5.69 Å². The molecule has 1 aliphatic rings. The molecule has 1 heterocycles. The van der Waals surface area contributed by atoms with E-state index in [9.17, 15) is 13.2 Å². The van der Waals surface area contributed by atoms with Crippen LogP contribution in [-0.2, 0) is 36.4 Å². The van der Waals surface area contributed by atoms with Gasteiger partial charge in [0.1, 0.15) is 5.75 Å². The van der Waals surface area contributed by atoms with Gasteiger partial charge in [-0.1, -0.05) is 24.3 Å². The lowest BCUT2D eigenvalue weighted by Gasteiger charge is -2.37. The van der Waals surface area contributed by atoms with Crippen LogP contribution in [0.2, 0.25) is 0 Å². The summed E-state index contributed by atoms with van der Waals surface area (Å²) in [6.45, 7) is 0.625. The van der Waals surface area contributed by atoms with Crippen molar-refractivity contribution in [2.75, 3.05) is 19.0 Å². The number of carbonyl (C=O) groups excluding carboxylic acids is 1. The van der Waals surface area contributed by atoms with Crippen LogP contribution in [0.15, 0.2) is 48.5 Å². The maximum Gasteiger partial charge on any atom is 0.406 e. The summed E-state index contributed by atoms with van der Waals surface area (Å²) in [6.07, 6.45) is 1.14. The van der Waals surface area contributed by atoms with E-state index in [1.165, 1.54) is 0 Å². The lowest BCUT2D eigenvalue weighted by molar-refractivity contribution is -0.195. The van der Waals surface area contributed by atoms with Crippen molar-refractivity contribution in [3.05, 3.63) is 59.7 Å². The molecule has 156 valence electrons. The number of hydrogen-bond acceptors (Lipinski definition) is 8. The minimum atomic E-state index is -4.16. The number of nitrogens with two attached hydrogens (primary N) is 1. The Kier molecular flexibility index (Phi) is 6.50. The third-order valence-corrected chi connectivity index (χ3v) is 5.44. The van der Waals surface area contributed by atoms with E-state index in [1.807, 2.05) is 24.3 Å². The number of amides is 1.